The number of methoxy groups -OCH3 is 1. The van der Waals surface area contributed by atoms with Gasteiger partial charge in [0.1, 0.15) is 5.52 Å². The topological polar surface area (TPSA) is 47.5 Å². The summed E-state index contributed by atoms with van der Waals surface area (Å²) in [4.78, 5) is 11.2. The second-order valence-electron chi connectivity index (χ2n) is 4.74. The van der Waals surface area contributed by atoms with Crippen LogP contribution < -0.4 is 4.90 Å². The van der Waals surface area contributed by atoms with E-state index in [0.717, 1.165) is 34.3 Å². The molecule has 0 saturated carbocycles. The minimum atomic E-state index is 0.0602. The molecule has 1 unspecified atom stereocenters. The van der Waals surface area contributed by atoms with Gasteiger partial charge in [-0.1, -0.05) is 0 Å². The Morgan fingerprint density at radius 3 is 3.20 bits per heavy atom. The molecule has 3 rings (SSSR count). The van der Waals surface area contributed by atoms with E-state index in [-0.39, 0.29) is 6.10 Å². The van der Waals surface area contributed by atoms with Crippen molar-refractivity contribution in [1.82, 2.24) is 9.97 Å². The molecule has 0 aliphatic carbocycles. The van der Waals surface area contributed by atoms with Gasteiger partial charge in [-0.2, -0.15) is 0 Å². The molecule has 0 radical (unpaired) electrons. The molecule has 6 heteroatoms. The van der Waals surface area contributed by atoms with Crippen LogP contribution in [0.3, 0.4) is 0 Å². The van der Waals surface area contributed by atoms with Gasteiger partial charge in [-0.15, -0.1) is 0 Å². The maximum absolute atomic E-state index is 5.56. The number of hydrogen-bond acceptors (Lipinski definition) is 5. The zero-order valence-electron chi connectivity index (χ0n) is 11.3. The smallest absolute Gasteiger partial charge is 0.155 e. The highest BCUT2D eigenvalue weighted by molar-refractivity contribution is 9.10. The van der Waals surface area contributed by atoms with Crippen LogP contribution in [0.1, 0.15) is 0 Å². The predicted molar refractivity (Wildman–Crippen MR) is 81.1 cm³/mol. The Morgan fingerprint density at radius 1 is 1.45 bits per heavy atom. The number of anilines is 1. The number of ether oxygens (including phenoxy) is 2. The Hall–Kier alpha value is -1.24. The van der Waals surface area contributed by atoms with E-state index in [1.165, 1.54) is 0 Å². The molecule has 20 heavy (non-hydrogen) atoms. The van der Waals surface area contributed by atoms with Gasteiger partial charge in [0.25, 0.3) is 0 Å². The van der Waals surface area contributed by atoms with Crippen molar-refractivity contribution < 1.29 is 9.47 Å². The minimum Gasteiger partial charge on any atom is -0.377 e. The molecule has 3 heterocycles. The fraction of sp³-hybridized carbons (Fsp3) is 0.429. The van der Waals surface area contributed by atoms with Crippen LogP contribution >= 0.6 is 15.9 Å². The summed E-state index contributed by atoms with van der Waals surface area (Å²) < 4.78 is 12.0. The molecule has 5 nitrogen and oxygen atoms in total. The second-order valence-corrected chi connectivity index (χ2v) is 5.65. The average Bonchev–Trinajstić information content (AvgIpc) is 2.71. The molecular formula is C14H16BrN3O2. The number of rotatable bonds is 2. The highest BCUT2D eigenvalue weighted by Gasteiger charge is 2.21. The van der Waals surface area contributed by atoms with Crippen LogP contribution in [-0.4, -0.2) is 49.5 Å². The van der Waals surface area contributed by atoms with Crippen LogP contribution in [0, 0.1) is 0 Å². The van der Waals surface area contributed by atoms with Gasteiger partial charge in [0.15, 0.2) is 5.82 Å². The Balaban J connectivity index is 2.00. The average molecular weight is 338 g/mol. The van der Waals surface area contributed by atoms with Gasteiger partial charge < -0.3 is 14.4 Å². The van der Waals surface area contributed by atoms with Crippen molar-refractivity contribution in [2.45, 2.75) is 6.10 Å². The van der Waals surface area contributed by atoms with E-state index in [4.69, 9.17) is 9.47 Å². The van der Waals surface area contributed by atoms with Crippen LogP contribution in [0.15, 0.2) is 29.0 Å². The van der Waals surface area contributed by atoms with Gasteiger partial charge in [0, 0.05) is 42.5 Å². The third-order valence-electron chi connectivity index (χ3n) is 3.41. The Morgan fingerprint density at radius 2 is 2.35 bits per heavy atom. The fourth-order valence-corrected chi connectivity index (χ4v) is 2.71. The first-order valence-electron chi connectivity index (χ1n) is 6.53. The summed E-state index contributed by atoms with van der Waals surface area (Å²) in [5, 5.41) is 1.07. The first-order chi connectivity index (χ1) is 9.78. The van der Waals surface area contributed by atoms with Crippen LogP contribution in [0.4, 0.5) is 5.82 Å². The van der Waals surface area contributed by atoms with Crippen molar-refractivity contribution in [3.8, 4) is 0 Å². The van der Waals surface area contributed by atoms with Crippen molar-refractivity contribution >= 4 is 32.7 Å². The monoisotopic (exact) mass is 337 g/mol. The molecule has 1 fully saturated rings. The first-order valence-corrected chi connectivity index (χ1v) is 7.33. The Bertz CT molecular complexity index is 608. The maximum Gasteiger partial charge on any atom is 0.155 e. The zero-order chi connectivity index (χ0) is 13.9. The second kappa shape index (κ2) is 6.03. The molecule has 2 aromatic heterocycles. The number of halogens is 1. The van der Waals surface area contributed by atoms with Crippen molar-refractivity contribution in [3.63, 3.8) is 0 Å². The van der Waals surface area contributed by atoms with E-state index < -0.39 is 0 Å². The summed E-state index contributed by atoms with van der Waals surface area (Å²) in [6.07, 6.45) is 3.68. The number of hydrogen-bond donors (Lipinski definition) is 0. The van der Waals surface area contributed by atoms with Gasteiger partial charge in [-0.3, -0.25) is 4.98 Å². The Labute approximate surface area is 126 Å². The first kappa shape index (κ1) is 13.7. The summed E-state index contributed by atoms with van der Waals surface area (Å²) in [6, 6.07) is 4.02. The lowest BCUT2D eigenvalue weighted by Crippen LogP contribution is -2.34. The number of nitrogens with zero attached hydrogens (tertiary/aromatic N) is 3. The molecule has 1 aliphatic heterocycles. The highest BCUT2D eigenvalue weighted by atomic mass is 79.9. The third-order valence-corrected chi connectivity index (χ3v) is 3.85. The standard InChI is InChI=1S/C14H16BrN3O2/c1-19-12-8-18(4-5-20-9-12)14-13-10(2-3-16-14)6-11(15)7-17-13/h2-3,6-7,12H,4-5,8-9H2,1H3. The van der Waals surface area contributed by atoms with E-state index in [1.807, 2.05) is 12.3 Å². The molecular weight excluding hydrogens is 322 g/mol. The predicted octanol–water partition coefficient (Wildman–Crippen LogP) is 2.24. The van der Waals surface area contributed by atoms with Gasteiger partial charge in [-0.25, -0.2) is 4.98 Å². The van der Waals surface area contributed by atoms with Crippen molar-refractivity contribution in [3.05, 3.63) is 29.0 Å². The molecule has 1 atom stereocenters. The molecule has 0 spiro atoms. The Kier molecular flexibility index (Phi) is 4.14. The van der Waals surface area contributed by atoms with Crippen molar-refractivity contribution in [2.24, 2.45) is 0 Å². The van der Waals surface area contributed by atoms with Gasteiger partial charge in [-0.05, 0) is 28.1 Å². The van der Waals surface area contributed by atoms with Gasteiger partial charge in [0.2, 0.25) is 0 Å². The summed E-state index contributed by atoms with van der Waals surface area (Å²) in [5.41, 5.74) is 0.910. The lowest BCUT2D eigenvalue weighted by atomic mass is 10.2. The van der Waals surface area contributed by atoms with E-state index >= 15 is 0 Å². The van der Waals surface area contributed by atoms with E-state index in [0.29, 0.717) is 13.2 Å². The molecule has 0 aromatic carbocycles. The maximum atomic E-state index is 5.56. The largest absolute Gasteiger partial charge is 0.377 e. The van der Waals surface area contributed by atoms with Gasteiger partial charge >= 0.3 is 0 Å². The zero-order valence-corrected chi connectivity index (χ0v) is 12.8. The quantitative estimate of drug-likeness (QED) is 0.841. The van der Waals surface area contributed by atoms with Crippen LogP contribution in [0.2, 0.25) is 0 Å². The normalized spacial score (nSPS) is 20.1. The molecule has 0 bridgehead atoms. The lowest BCUT2D eigenvalue weighted by molar-refractivity contribution is 0.0286. The van der Waals surface area contributed by atoms with E-state index in [1.54, 1.807) is 13.3 Å². The van der Waals surface area contributed by atoms with Crippen molar-refractivity contribution in [1.29, 1.82) is 0 Å². The molecule has 1 aliphatic rings. The lowest BCUT2D eigenvalue weighted by Gasteiger charge is -2.24. The molecule has 0 amide bonds. The third kappa shape index (κ3) is 2.77. The number of pyridine rings is 2. The van der Waals surface area contributed by atoms with Crippen LogP contribution in [-0.2, 0) is 9.47 Å². The van der Waals surface area contributed by atoms with Gasteiger partial charge in [0.05, 0.1) is 19.3 Å². The summed E-state index contributed by atoms with van der Waals surface area (Å²) in [6.45, 7) is 2.86. The summed E-state index contributed by atoms with van der Waals surface area (Å²) >= 11 is 3.45. The van der Waals surface area contributed by atoms with E-state index in [9.17, 15) is 0 Å². The molecule has 106 valence electrons. The van der Waals surface area contributed by atoms with Crippen LogP contribution in [0.5, 0.6) is 0 Å². The number of fused-ring (bicyclic) bond motifs is 1. The fourth-order valence-electron chi connectivity index (χ4n) is 2.36. The molecule has 1 saturated heterocycles. The molecule has 2 aromatic rings. The van der Waals surface area contributed by atoms with E-state index in [2.05, 4.69) is 36.9 Å². The summed E-state index contributed by atoms with van der Waals surface area (Å²) in [7, 11) is 1.71. The summed E-state index contributed by atoms with van der Waals surface area (Å²) in [5.74, 6) is 0.891. The molecule has 0 N–H and O–H groups in total. The minimum absolute atomic E-state index is 0.0602. The number of aromatic nitrogens is 2. The van der Waals surface area contributed by atoms with Crippen molar-refractivity contribution in [2.75, 3.05) is 38.3 Å². The van der Waals surface area contributed by atoms with Crippen LogP contribution in [0.25, 0.3) is 10.9 Å². The highest BCUT2D eigenvalue weighted by Crippen LogP contribution is 2.25. The SMILES string of the molecule is COC1COCCN(c2nccc3cc(Br)cnc23)C1.